The molecule has 6 nitrogen and oxygen atoms in total. The lowest BCUT2D eigenvalue weighted by Crippen LogP contribution is -2.22. The third-order valence-electron chi connectivity index (χ3n) is 3.27. The molecule has 7 heteroatoms. The van der Waals surface area contributed by atoms with Crippen LogP contribution in [0.2, 0.25) is 0 Å². The number of ether oxygens (including phenoxy) is 1. The van der Waals surface area contributed by atoms with E-state index in [1.807, 2.05) is 25.1 Å². The second-order valence-corrected chi connectivity index (χ2v) is 7.62. The van der Waals surface area contributed by atoms with Crippen LogP contribution in [0, 0.1) is 6.92 Å². The van der Waals surface area contributed by atoms with Gasteiger partial charge in [-0.15, -0.1) is 0 Å². The molecular weight excluding hydrogens is 328 g/mol. The molecule has 0 saturated heterocycles. The fourth-order valence-electron chi connectivity index (χ4n) is 1.99. The van der Waals surface area contributed by atoms with Gasteiger partial charge in [-0.05, 0) is 48.9 Å². The van der Waals surface area contributed by atoms with Crippen molar-refractivity contribution in [3.63, 3.8) is 0 Å². The first-order valence-electron chi connectivity index (χ1n) is 7.31. The number of rotatable bonds is 6. The number of nitrogens with one attached hydrogen (secondary N) is 1. The molecule has 0 bridgehead atoms. The number of anilines is 1. The Hall–Kier alpha value is -2.38. The highest BCUT2D eigenvalue weighted by Crippen LogP contribution is 2.18. The summed E-state index contributed by atoms with van der Waals surface area (Å²) in [5.74, 6) is 0.137. The van der Waals surface area contributed by atoms with Crippen LogP contribution in [0.15, 0.2) is 53.4 Å². The number of benzene rings is 2. The molecule has 2 aromatic carbocycles. The molecule has 0 aliphatic rings. The number of hydrogen-bond donors (Lipinski definition) is 1. The lowest BCUT2D eigenvalue weighted by Gasteiger charge is -2.12. The van der Waals surface area contributed by atoms with Gasteiger partial charge in [-0.3, -0.25) is 4.79 Å². The summed E-state index contributed by atoms with van der Waals surface area (Å²) in [6.07, 6.45) is 0. The van der Waals surface area contributed by atoms with E-state index in [0.717, 1.165) is 9.87 Å². The first-order chi connectivity index (χ1) is 11.3. The van der Waals surface area contributed by atoms with Crippen molar-refractivity contribution in [1.82, 2.24) is 4.31 Å². The van der Waals surface area contributed by atoms with Crippen molar-refractivity contribution in [2.45, 2.75) is 11.8 Å². The Balaban J connectivity index is 1.94. The van der Waals surface area contributed by atoms with Gasteiger partial charge in [0.2, 0.25) is 10.0 Å². The number of amides is 1. The molecule has 24 heavy (non-hydrogen) atoms. The molecule has 0 radical (unpaired) electrons. The van der Waals surface area contributed by atoms with Crippen molar-refractivity contribution in [2.24, 2.45) is 0 Å². The molecule has 2 aromatic rings. The SMILES string of the molecule is Cc1cccc(NC(=O)COc2ccc(S(=O)(=O)N(C)C)cc2)c1. The van der Waals surface area contributed by atoms with Gasteiger partial charge < -0.3 is 10.1 Å². The van der Waals surface area contributed by atoms with Crippen LogP contribution in [-0.2, 0) is 14.8 Å². The molecule has 1 N–H and O–H groups in total. The average Bonchev–Trinajstić information content (AvgIpc) is 2.53. The Bertz CT molecular complexity index is 815. The van der Waals surface area contributed by atoms with Gasteiger partial charge in [-0.2, -0.15) is 0 Å². The number of hydrogen-bond acceptors (Lipinski definition) is 4. The molecule has 0 fully saturated rings. The fourth-order valence-corrected chi connectivity index (χ4v) is 2.89. The summed E-state index contributed by atoms with van der Waals surface area (Å²) in [6.45, 7) is 1.78. The molecule has 0 aromatic heterocycles. The number of nitrogens with zero attached hydrogens (tertiary/aromatic N) is 1. The maximum atomic E-state index is 12.0. The molecule has 2 rings (SSSR count). The average molecular weight is 348 g/mol. The summed E-state index contributed by atoms with van der Waals surface area (Å²) < 4.78 is 30.4. The monoisotopic (exact) mass is 348 g/mol. The lowest BCUT2D eigenvalue weighted by atomic mass is 10.2. The second-order valence-electron chi connectivity index (χ2n) is 5.47. The Kier molecular flexibility index (Phi) is 5.58. The van der Waals surface area contributed by atoms with Crippen LogP contribution in [0.1, 0.15) is 5.56 Å². The van der Waals surface area contributed by atoms with Gasteiger partial charge in [0.15, 0.2) is 6.61 Å². The quantitative estimate of drug-likeness (QED) is 0.869. The fraction of sp³-hybridized carbons (Fsp3) is 0.235. The van der Waals surface area contributed by atoms with Gasteiger partial charge >= 0.3 is 0 Å². The zero-order chi connectivity index (χ0) is 17.7. The van der Waals surface area contributed by atoms with Crippen LogP contribution in [0.5, 0.6) is 5.75 Å². The summed E-state index contributed by atoms with van der Waals surface area (Å²) in [4.78, 5) is 12.0. The Morgan fingerprint density at radius 3 is 2.38 bits per heavy atom. The first-order valence-corrected chi connectivity index (χ1v) is 8.75. The summed E-state index contributed by atoms with van der Waals surface area (Å²) in [6, 6.07) is 13.4. The highest BCUT2D eigenvalue weighted by atomic mass is 32.2. The second kappa shape index (κ2) is 7.46. The maximum absolute atomic E-state index is 12.0. The van der Waals surface area contributed by atoms with Crippen molar-refractivity contribution in [2.75, 3.05) is 26.0 Å². The smallest absolute Gasteiger partial charge is 0.262 e. The van der Waals surface area contributed by atoms with E-state index in [1.54, 1.807) is 6.07 Å². The Labute approximate surface area is 142 Å². The molecule has 128 valence electrons. The van der Waals surface area contributed by atoms with Crippen molar-refractivity contribution in [3.8, 4) is 5.75 Å². The molecule has 0 saturated carbocycles. The van der Waals surface area contributed by atoms with Gasteiger partial charge in [-0.25, -0.2) is 12.7 Å². The minimum absolute atomic E-state index is 0.159. The van der Waals surface area contributed by atoms with Crippen LogP contribution >= 0.6 is 0 Å². The lowest BCUT2D eigenvalue weighted by molar-refractivity contribution is -0.118. The van der Waals surface area contributed by atoms with E-state index in [2.05, 4.69) is 5.32 Å². The highest BCUT2D eigenvalue weighted by Gasteiger charge is 2.16. The van der Waals surface area contributed by atoms with Gasteiger partial charge in [0.1, 0.15) is 5.75 Å². The van der Waals surface area contributed by atoms with E-state index in [0.29, 0.717) is 11.4 Å². The van der Waals surface area contributed by atoms with Crippen LogP contribution in [0.3, 0.4) is 0 Å². The zero-order valence-electron chi connectivity index (χ0n) is 13.8. The molecule has 0 aliphatic heterocycles. The normalized spacial score (nSPS) is 11.3. The molecule has 0 aliphatic carbocycles. The number of carbonyl (C=O) groups is 1. The summed E-state index contributed by atoms with van der Waals surface area (Å²) in [5, 5.41) is 2.74. The Morgan fingerprint density at radius 2 is 1.79 bits per heavy atom. The summed E-state index contributed by atoms with van der Waals surface area (Å²) in [5.41, 5.74) is 1.75. The van der Waals surface area contributed by atoms with Crippen LogP contribution in [-0.4, -0.2) is 39.3 Å². The van der Waals surface area contributed by atoms with Crippen LogP contribution in [0.25, 0.3) is 0 Å². The predicted molar refractivity (Wildman–Crippen MR) is 92.6 cm³/mol. The van der Waals surface area contributed by atoms with Crippen molar-refractivity contribution >= 4 is 21.6 Å². The predicted octanol–water partition coefficient (Wildman–Crippen LogP) is 2.26. The summed E-state index contributed by atoms with van der Waals surface area (Å²) in [7, 11) is -0.536. The van der Waals surface area contributed by atoms with E-state index < -0.39 is 10.0 Å². The third-order valence-corrected chi connectivity index (χ3v) is 5.10. The molecule has 0 spiro atoms. The van der Waals surface area contributed by atoms with Gasteiger partial charge in [0.25, 0.3) is 5.91 Å². The van der Waals surface area contributed by atoms with Gasteiger partial charge in [-0.1, -0.05) is 12.1 Å². The van der Waals surface area contributed by atoms with E-state index in [-0.39, 0.29) is 17.4 Å². The van der Waals surface area contributed by atoms with Crippen molar-refractivity contribution < 1.29 is 17.9 Å². The molecule has 1 amide bonds. The van der Waals surface area contributed by atoms with Gasteiger partial charge in [0.05, 0.1) is 4.90 Å². The minimum atomic E-state index is -3.47. The highest BCUT2D eigenvalue weighted by molar-refractivity contribution is 7.89. The topological polar surface area (TPSA) is 75.7 Å². The first kappa shape index (κ1) is 18.0. The maximum Gasteiger partial charge on any atom is 0.262 e. The summed E-state index contributed by atoms with van der Waals surface area (Å²) >= 11 is 0. The van der Waals surface area contributed by atoms with E-state index in [4.69, 9.17) is 4.74 Å². The number of carbonyl (C=O) groups excluding carboxylic acids is 1. The zero-order valence-corrected chi connectivity index (χ0v) is 14.6. The van der Waals surface area contributed by atoms with E-state index in [9.17, 15) is 13.2 Å². The van der Waals surface area contributed by atoms with E-state index in [1.165, 1.54) is 38.4 Å². The van der Waals surface area contributed by atoms with Crippen LogP contribution < -0.4 is 10.1 Å². The third kappa shape index (κ3) is 4.56. The molecule has 0 heterocycles. The van der Waals surface area contributed by atoms with Crippen molar-refractivity contribution in [3.05, 3.63) is 54.1 Å². The number of aryl methyl sites for hydroxylation is 1. The Morgan fingerprint density at radius 1 is 1.12 bits per heavy atom. The van der Waals surface area contributed by atoms with Crippen molar-refractivity contribution in [1.29, 1.82) is 0 Å². The molecular formula is C17H20N2O4S. The standard InChI is InChI=1S/C17H20N2O4S/c1-13-5-4-6-14(11-13)18-17(20)12-23-15-7-9-16(10-8-15)24(21,22)19(2)3/h4-11H,12H2,1-3H3,(H,18,20). The van der Waals surface area contributed by atoms with E-state index >= 15 is 0 Å². The van der Waals surface area contributed by atoms with Crippen LogP contribution in [0.4, 0.5) is 5.69 Å². The number of sulfonamides is 1. The minimum Gasteiger partial charge on any atom is -0.484 e. The largest absolute Gasteiger partial charge is 0.484 e. The molecule has 0 atom stereocenters. The molecule has 0 unspecified atom stereocenters. The van der Waals surface area contributed by atoms with Gasteiger partial charge in [0, 0.05) is 19.8 Å².